The summed E-state index contributed by atoms with van der Waals surface area (Å²) in [6.07, 6.45) is 0. The lowest BCUT2D eigenvalue weighted by Gasteiger charge is -2.36. The van der Waals surface area contributed by atoms with Crippen LogP contribution in [0.3, 0.4) is 0 Å². The van der Waals surface area contributed by atoms with Crippen LogP contribution in [0.15, 0.2) is 35.3 Å². The fourth-order valence-electron chi connectivity index (χ4n) is 2.98. The molecule has 5 nitrogen and oxygen atoms in total. The molecule has 140 valence electrons. The van der Waals surface area contributed by atoms with Gasteiger partial charge in [-0.3, -0.25) is 9.89 Å². The third kappa shape index (κ3) is 7.45. The van der Waals surface area contributed by atoms with Gasteiger partial charge >= 0.3 is 0 Å². The Morgan fingerprint density at radius 2 is 1.76 bits per heavy atom. The summed E-state index contributed by atoms with van der Waals surface area (Å²) < 4.78 is 0. The van der Waals surface area contributed by atoms with Crippen molar-refractivity contribution in [3.05, 3.63) is 35.9 Å². The van der Waals surface area contributed by atoms with Gasteiger partial charge in [0.25, 0.3) is 0 Å². The van der Waals surface area contributed by atoms with Gasteiger partial charge in [-0.05, 0) is 33.3 Å². The molecule has 0 aliphatic carbocycles. The van der Waals surface area contributed by atoms with Crippen LogP contribution in [0.5, 0.6) is 0 Å². The van der Waals surface area contributed by atoms with Gasteiger partial charge in [0.1, 0.15) is 0 Å². The van der Waals surface area contributed by atoms with E-state index in [1.807, 2.05) is 0 Å². The Labute approximate surface area is 153 Å². The number of nitrogens with one attached hydrogen (secondary N) is 2. The minimum Gasteiger partial charge on any atom is -0.357 e. The van der Waals surface area contributed by atoms with Crippen LogP contribution in [-0.4, -0.2) is 67.1 Å². The number of rotatable bonds is 6. The van der Waals surface area contributed by atoms with E-state index in [0.29, 0.717) is 0 Å². The van der Waals surface area contributed by atoms with E-state index in [4.69, 9.17) is 4.99 Å². The maximum atomic E-state index is 4.80. The van der Waals surface area contributed by atoms with Gasteiger partial charge in [-0.15, -0.1) is 0 Å². The Morgan fingerprint density at radius 3 is 2.36 bits per heavy atom. The predicted molar refractivity (Wildman–Crippen MR) is 107 cm³/mol. The van der Waals surface area contributed by atoms with Crippen molar-refractivity contribution in [2.75, 3.05) is 45.8 Å². The molecule has 0 spiro atoms. The van der Waals surface area contributed by atoms with E-state index in [0.717, 1.165) is 58.3 Å². The van der Waals surface area contributed by atoms with Crippen LogP contribution >= 0.6 is 0 Å². The number of hydrogen-bond donors (Lipinski definition) is 2. The average molecular weight is 346 g/mol. The van der Waals surface area contributed by atoms with E-state index >= 15 is 0 Å². The summed E-state index contributed by atoms with van der Waals surface area (Å²) >= 11 is 0. The fourth-order valence-corrected chi connectivity index (χ4v) is 2.98. The summed E-state index contributed by atoms with van der Waals surface area (Å²) in [6.45, 7) is 16.6. The minimum atomic E-state index is 0.150. The molecule has 1 aliphatic heterocycles. The second kappa shape index (κ2) is 9.78. The molecule has 0 unspecified atom stereocenters. The maximum Gasteiger partial charge on any atom is 0.194 e. The van der Waals surface area contributed by atoms with Gasteiger partial charge in [-0.2, -0.15) is 0 Å². The lowest BCUT2D eigenvalue weighted by molar-refractivity contribution is 0.172. The Kier molecular flexibility index (Phi) is 7.72. The monoisotopic (exact) mass is 345 g/mol. The summed E-state index contributed by atoms with van der Waals surface area (Å²) in [5.74, 6) is 1.05. The molecule has 1 aromatic rings. The molecule has 0 radical (unpaired) electrons. The largest absolute Gasteiger partial charge is 0.357 e. The molecule has 0 atom stereocenters. The summed E-state index contributed by atoms with van der Waals surface area (Å²) in [4.78, 5) is 9.71. The van der Waals surface area contributed by atoms with E-state index in [1.54, 1.807) is 0 Å². The quantitative estimate of drug-likeness (QED) is 0.471. The van der Waals surface area contributed by atoms with Gasteiger partial charge in [0.15, 0.2) is 5.96 Å². The van der Waals surface area contributed by atoms with Gasteiger partial charge < -0.3 is 15.5 Å². The van der Waals surface area contributed by atoms with Crippen LogP contribution in [0.25, 0.3) is 0 Å². The molecule has 1 aromatic carbocycles. The van der Waals surface area contributed by atoms with Gasteiger partial charge in [-0.25, -0.2) is 0 Å². The first-order chi connectivity index (χ1) is 12.0. The van der Waals surface area contributed by atoms with Crippen LogP contribution in [0.4, 0.5) is 0 Å². The second-order valence-electron chi connectivity index (χ2n) is 7.66. The summed E-state index contributed by atoms with van der Waals surface area (Å²) in [6, 6.07) is 10.7. The Hall–Kier alpha value is -1.59. The molecular weight excluding hydrogens is 310 g/mol. The molecule has 0 saturated carbocycles. The van der Waals surface area contributed by atoms with E-state index in [-0.39, 0.29) is 5.54 Å². The number of aliphatic imine (C=N–C) groups is 1. The number of nitrogens with zero attached hydrogens (tertiary/aromatic N) is 3. The zero-order valence-electron chi connectivity index (χ0n) is 16.4. The number of guanidine groups is 1. The number of piperazine rings is 1. The minimum absolute atomic E-state index is 0.150. The first-order valence-electron chi connectivity index (χ1n) is 9.52. The molecule has 0 amide bonds. The third-order valence-corrected chi connectivity index (χ3v) is 4.28. The van der Waals surface area contributed by atoms with Crippen molar-refractivity contribution in [1.29, 1.82) is 0 Å². The molecule has 1 saturated heterocycles. The van der Waals surface area contributed by atoms with Crippen LogP contribution in [-0.2, 0) is 6.54 Å². The van der Waals surface area contributed by atoms with Crippen molar-refractivity contribution in [3.8, 4) is 0 Å². The Balaban J connectivity index is 1.80. The van der Waals surface area contributed by atoms with Gasteiger partial charge in [-0.1, -0.05) is 30.3 Å². The van der Waals surface area contributed by atoms with Crippen molar-refractivity contribution >= 4 is 5.96 Å². The summed E-state index contributed by atoms with van der Waals surface area (Å²) in [5.41, 5.74) is 1.54. The van der Waals surface area contributed by atoms with E-state index in [1.165, 1.54) is 5.56 Å². The lowest BCUT2D eigenvalue weighted by atomic mass is 10.1. The molecule has 1 fully saturated rings. The van der Waals surface area contributed by atoms with Gasteiger partial charge in [0.05, 0.1) is 6.54 Å². The number of hydrogen-bond acceptors (Lipinski definition) is 3. The predicted octanol–water partition coefficient (Wildman–Crippen LogP) is 2.16. The maximum absolute atomic E-state index is 4.80. The first-order valence-corrected chi connectivity index (χ1v) is 9.52. The van der Waals surface area contributed by atoms with Crippen molar-refractivity contribution in [2.45, 2.75) is 39.8 Å². The average Bonchev–Trinajstić information content (AvgIpc) is 2.58. The highest BCUT2D eigenvalue weighted by molar-refractivity contribution is 5.80. The molecular formula is C20H35N5. The zero-order valence-corrected chi connectivity index (χ0v) is 16.4. The fraction of sp³-hybridized carbons (Fsp3) is 0.650. The smallest absolute Gasteiger partial charge is 0.194 e. The van der Waals surface area contributed by atoms with Gasteiger partial charge in [0, 0.05) is 51.4 Å². The highest BCUT2D eigenvalue weighted by Gasteiger charge is 2.19. The zero-order chi connectivity index (χ0) is 18.1. The molecule has 2 N–H and O–H groups in total. The molecule has 2 rings (SSSR count). The molecule has 1 heterocycles. The van der Waals surface area contributed by atoms with E-state index in [9.17, 15) is 0 Å². The van der Waals surface area contributed by atoms with E-state index in [2.05, 4.69) is 78.5 Å². The van der Waals surface area contributed by atoms with Crippen LogP contribution in [0.1, 0.15) is 33.3 Å². The van der Waals surface area contributed by atoms with Crippen molar-refractivity contribution in [3.63, 3.8) is 0 Å². The standard InChI is InChI=1S/C20H35N5/c1-5-21-19(22-11-12-23-20(2,3)4)25-15-13-24(14-16-25)17-18-9-7-6-8-10-18/h6-10,23H,5,11-17H2,1-4H3,(H,21,22). The van der Waals surface area contributed by atoms with E-state index < -0.39 is 0 Å². The second-order valence-corrected chi connectivity index (χ2v) is 7.66. The van der Waals surface area contributed by atoms with Gasteiger partial charge in [0.2, 0.25) is 0 Å². The van der Waals surface area contributed by atoms with Crippen LogP contribution in [0, 0.1) is 0 Å². The Bertz CT molecular complexity index is 513. The van der Waals surface area contributed by atoms with Crippen LogP contribution < -0.4 is 10.6 Å². The van der Waals surface area contributed by atoms with Crippen molar-refractivity contribution in [2.24, 2.45) is 4.99 Å². The lowest BCUT2D eigenvalue weighted by Crippen LogP contribution is -2.52. The first kappa shape index (κ1) is 19.7. The summed E-state index contributed by atoms with van der Waals surface area (Å²) in [7, 11) is 0. The highest BCUT2D eigenvalue weighted by Crippen LogP contribution is 2.08. The van der Waals surface area contributed by atoms with Crippen molar-refractivity contribution in [1.82, 2.24) is 20.4 Å². The van der Waals surface area contributed by atoms with Crippen molar-refractivity contribution < 1.29 is 0 Å². The molecule has 1 aliphatic rings. The SMILES string of the molecule is CCNC(=NCCNC(C)(C)C)N1CCN(Cc2ccccc2)CC1. The molecule has 0 bridgehead atoms. The molecule has 0 aromatic heterocycles. The molecule has 5 heteroatoms. The Morgan fingerprint density at radius 1 is 1.08 bits per heavy atom. The third-order valence-electron chi connectivity index (χ3n) is 4.28. The topological polar surface area (TPSA) is 42.9 Å². The normalized spacial score (nSPS) is 17.0. The molecule has 25 heavy (non-hydrogen) atoms. The highest BCUT2D eigenvalue weighted by atomic mass is 15.3. The number of benzene rings is 1. The van der Waals surface area contributed by atoms with Crippen LogP contribution in [0.2, 0.25) is 0 Å². The summed E-state index contributed by atoms with van der Waals surface area (Å²) in [5, 5.41) is 6.94.